The molecular formula is C22H26N6O4S2. The molecule has 1 atom stereocenters. The first-order chi connectivity index (χ1) is 16.4. The molecule has 12 heteroatoms. The van der Waals surface area contributed by atoms with Crippen molar-refractivity contribution < 1.29 is 17.9 Å². The number of likely N-dealkylation sites (tertiary alicyclic amines) is 1. The Kier molecular flexibility index (Phi) is 6.26. The maximum atomic E-state index is 13.4. The molecule has 2 aromatic rings. The average molecular weight is 503 g/mol. The van der Waals surface area contributed by atoms with Crippen LogP contribution in [0.1, 0.15) is 58.9 Å². The second-order valence-corrected chi connectivity index (χ2v) is 11.4. The number of aliphatic imine (C=N–C) groups is 1. The minimum Gasteiger partial charge on any atom is -0.477 e. The third kappa shape index (κ3) is 4.78. The molecule has 0 bridgehead atoms. The summed E-state index contributed by atoms with van der Waals surface area (Å²) in [6, 6.07) is 1.60. The third-order valence-corrected chi connectivity index (χ3v) is 8.79. The zero-order valence-corrected chi connectivity index (χ0v) is 20.4. The fourth-order valence-electron chi connectivity index (χ4n) is 4.11. The Morgan fingerprint density at radius 3 is 2.94 bits per heavy atom. The predicted octanol–water partition coefficient (Wildman–Crippen LogP) is 2.65. The molecule has 0 aromatic carbocycles. The maximum absolute atomic E-state index is 13.4. The van der Waals surface area contributed by atoms with E-state index in [1.165, 1.54) is 17.5 Å². The summed E-state index contributed by atoms with van der Waals surface area (Å²) in [4.78, 5) is 29.1. The Hall–Kier alpha value is -2.99. The van der Waals surface area contributed by atoms with Gasteiger partial charge >= 0.3 is 0 Å². The first kappa shape index (κ1) is 22.8. The molecule has 1 aliphatic carbocycles. The van der Waals surface area contributed by atoms with E-state index >= 15 is 0 Å². The molecule has 0 unspecified atom stereocenters. The molecule has 2 aromatic heterocycles. The number of carbonyl (C=O) groups excluding carboxylic acids is 1. The number of ether oxygens (including phenoxy) is 1. The van der Waals surface area contributed by atoms with Crippen molar-refractivity contribution in [1.29, 1.82) is 0 Å². The van der Waals surface area contributed by atoms with E-state index in [0.29, 0.717) is 49.1 Å². The average Bonchev–Trinajstić information content (AvgIpc) is 3.39. The van der Waals surface area contributed by atoms with Gasteiger partial charge in [-0.3, -0.25) is 14.5 Å². The summed E-state index contributed by atoms with van der Waals surface area (Å²) in [7, 11) is -3.38. The number of amides is 1. The van der Waals surface area contributed by atoms with Crippen molar-refractivity contribution >= 4 is 38.7 Å². The van der Waals surface area contributed by atoms with Crippen molar-refractivity contribution in [2.75, 3.05) is 24.4 Å². The molecule has 2 N–H and O–H groups in total. The molecule has 1 saturated heterocycles. The summed E-state index contributed by atoms with van der Waals surface area (Å²) in [6.45, 7) is 3.56. The standard InChI is InChI=1S/C22H26N6O4S2/c1-2-32-20-13-24-11-17(26-20)19-12-25-21(33-19)22(29)28-7-3-4-18(28)14-8-15(10-23-9-14)27-34(30,31)16-5-6-16/h8-10,12-13,16,18,24,27H,2-7,11H2,1H3/t18-/m1/s1. The predicted molar refractivity (Wildman–Crippen MR) is 129 cm³/mol. The van der Waals surface area contributed by atoms with Crippen LogP contribution in [-0.2, 0) is 14.8 Å². The Bertz CT molecular complexity index is 1250. The molecule has 2 aliphatic heterocycles. The van der Waals surface area contributed by atoms with Crippen molar-refractivity contribution in [1.82, 2.24) is 20.2 Å². The van der Waals surface area contributed by atoms with Gasteiger partial charge in [-0.05, 0) is 44.2 Å². The number of carbonyl (C=O) groups is 1. The second kappa shape index (κ2) is 9.34. The fraction of sp³-hybridized carbons (Fsp3) is 0.455. The number of nitrogens with zero attached hydrogens (tertiary/aromatic N) is 4. The van der Waals surface area contributed by atoms with E-state index < -0.39 is 10.0 Å². The van der Waals surface area contributed by atoms with Crippen LogP contribution in [0.15, 0.2) is 41.7 Å². The fourth-order valence-corrected chi connectivity index (χ4v) is 6.33. The summed E-state index contributed by atoms with van der Waals surface area (Å²) >= 11 is 1.31. The number of hydrogen-bond acceptors (Lipinski definition) is 9. The van der Waals surface area contributed by atoms with Crippen molar-refractivity contribution in [2.24, 2.45) is 4.99 Å². The largest absolute Gasteiger partial charge is 0.477 e. The summed E-state index contributed by atoms with van der Waals surface area (Å²) in [5.74, 6) is 0.363. The van der Waals surface area contributed by atoms with Crippen LogP contribution < -0.4 is 10.0 Å². The van der Waals surface area contributed by atoms with E-state index in [1.807, 2.05) is 6.92 Å². The van der Waals surface area contributed by atoms with Gasteiger partial charge in [0.2, 0.25) is 15.9 Å². The van der Waals surface area contributed by atoms with Gasteiger partial charge in [0.15, 0.2) is 5.01 Å². The Balaban J connectivity index is 1.32. The van der Waals surface area contributed by atoms with Gasteiger partial charge in [-0.2, -0.15) is 0 Å². The number of aromatic nitrogens is 2. The Labute approximate surface area is 202 Å². The zero-order valence-electron chi connectivity index (χ0n) is 18.7. The number of rotatable bonds is 8. The minimum atomic E-state index is -3.38. The van der Waals surface area contributed by atoms with Crippen molar-refractivity contribution in [2.45, 2.75) is 43.9 Å². The van der Waals surface area contributed by atoms with Gasteiger partial charge in [0.05, 0.1) is 53.1 Å². The first-order valence-corrected chi connectivity index (χ1v) is 13.7. The van der Waals surface area contributed by atoms with Crippen LogP contribution in [0.2, 0.25) is 0 Å². The Morgan fingerprint density at radius 2 is 2.15 bits per heavy atom. The van der Waals surface area contributed by atoms with Crippen LogP contribution in [0.5, 0.6) is 0 Å². The minimum absolute atomic E-state index is 0.146. The molecule has 5 rings (SSSR count). The number of sulfonamides is 1. The van der Waals surface area contributed by atoms with Crippen LogP contribution in [0, 0.1) is 0 Å². The van der Waals surface area contributed by atoms with Gasteiger partial charge in [-0.15, -0.1) is 11.3 Å². The normalized spacial score (nSPS) is 20.4. The summed E-state index contributed by atoms with van der Waals surface area (Å²) in [6.07, 6.45) is 9.61. The third-order valence-electron chi connectivity index (χ3n) is 5.89. The number of nitrogens with one attached hydrogen (secondary N) is 2. The highest BCUT2D eigenvalue weighted by atomic mass is 32.2. The summed E-state index contributed by atoms with van der Waals surface area (Å²) in [5, 5.41) is 3.22. The highest BCUT2D eigenvalue weighted by Gasteiger charge is 2.36. The maximum Gasteiger partial charge on any atom is 0.283 e. The molecule has 1 saturated carbocycles. The van der Waals surface area contributed by atoms with E-state index in [-0.39, 0.29) is 17.2 Å². The van der Waals surface area contributed by atoms with Crippen molar-refractivity contribution in [3.63, 3.8) is 0 Å². The van der Waals surface area contributed by atoms with Crippen molar-refractivity contribution in [3.05, 3.63) is 52.2 Å². The van der Waals surface area contributed by atoms with Gasteiger partial charge in [0.1, 0.15) is 0 Å². The number of anilines is 1. The molecule has 1 amide bonds. The van der Waals surface area contributed by atoms with Gasteiger partial charge in [0.25, 0.3) is 5.91 Å². The van der Waals surface area contributed by atoms with Gasteiger partial charge < -0.3 is 15.0 Å². The molecular weight excluding hydrogens is 476 g/mol. The van der Waals surface area contributed by atoms with Crippen LogP contribution >= 0.6 is 11.3 Å². The van der Waals surface area contributed by atoms with Crippen LogP contribution in [0.4, 0.5) is 5.69 Å². The quantitative estimate of drug-likeness (QED) is 0.568. The number of pyridine rings is 1. The highest BCUT2D eigenvalue weighted by molar-refractivity contribution is 7.93. The number of thiazole rings is 1. The first-order valence-electron chi connectivity index (χ1n) is 11.3. The summed E-state index contributed by atoms with van der Waals surface area (Å²) < 4.78 is 32.7. The van der Waals surface area contributed by atoms with E-state index in [9.17, 15) is 13.2 Å². The molecule has 0 spiro atoms. The molecule has 0 radical (unpaired) electrons. The van der Waals surface area contributed by atoms with E-state index in [2.05, 4.69) is 25.0 Å². The summed E-state index contributed by atoms with van der Waals surface area (Å²) in [5.41, 5.74) is 2.02. The lowest BCUT2D eigenvalue weighted by atomic mass is 10.1. The molecule has 4 heterocycles. The zero-order chi connectivity index (χ0) is 23.7. The molecule has 180 valence electrons. The lowest BCUT2D eigenvalue weighted by Gasteiger charge is -2.24. The van der Waals surface area contributed by atoms with Gasteiger partial charge in [0, 0.05) is 18.9 Å². The molecule has 3 aliphatic rings. The molecule has 10 nitrogen and oxygen atoms in total. The SMILES string of the molecule is CCOC1=CNCC(c2cnc(C(=O)N3CCC[C@@H]3c3cncc(NS(=O)(=O)C4CC4)c3)s2)=N1. The van der Waals surface area contributed by atoms with Crippen LogP contribution in [-0.4, -0.2) is 59.9 Å². The molecule has 34 heavy (non-hydrogen) atoms. The smallest absolute Gasteiger partial charge is 0.283 e. The van der Waals surface area contributed by atoms with E-state index in [1.54, 1.807) is 29.6 Å². The monoisotopic (exact) mass is 502 g/mol. The molecule has 2 fully saturated rings. The van der Waals surface area contributed by atoms with Crippen LogP contribution in [0.3, 0.4) is 0 Å². The second-order valence-electron chi connectivity index (χ2n) is 8.39. The lowest BCUT2D eigenvalue weighted by Crippen LogP contribution is -2.30. The van der Waals surface area contributed by atoms with Crippen molar-refractivity contribution in [3.8, 4) is 0 Å². The Morgan fingerprint density at radius 1 is 1.29 bits per heavy atom. The highest BCUT2D eigenvalue weighted by Crippen LogP contribution is 2.35. The van der Waals surface area contributed by atoms with E-state index in [0.717, 1.165) is 29.0 Å². The number of hydrogen-bond donors (Lipinski definition) is 2. The van der Waals surface area contributed by atoms with Gasteiger partial charge in [-0.25, -0.2) is 18.4 Å². The van der Waals surface area contributed by atoms with E-state index in [4.69, 9.17) is 4.74 Å². The van der Waals surface area contributed by atoms with Gasteiger partial charge in [-0.1, -0.05) is 0 Å². The topological polar surface area (TPSA) is 126 Å². The lowest BCUT2D eigenvalue weighted by molar-refractivity contribution is 0.0735. The van der Waals surface area contributed by atoms with Crippen LogP contribution in [0.25, 0.3) is 0 Å².